The number of urea groups is 1. The molecule has 2 aromatic rings. The van der Waals surface area contributed by atoms with Gasteiger partial charge >= 0.3 is 6.03 Å². The highest BCUT2D eigenvalue weighted by Crippen LogP contribution is 2.11. The van der Waals surface area contributed by atoms with E-state index in [0.717, 1.165) is 11.1 Å². The maximum atomic E-state index is 12.0. The molecule has 0 atom stereocenters. The molecule has 0 spiro atoms. The van der Waals surface area contributed by atoms with Gasteiger partial charge in [0.1, 0.15) is 0 Å². The number of nitrogens with one attached hydrogen (secondary N) is 2. The molecule has 0 aliphatic carbocycles. The van der Waals surface area contributed by atoms with Gasteiger partial charge in [-0.15, -0.1) is 0 Å². The third kappa shape index (κ3) is 4.79. The normalized spacial score (nSPS) is 10.0. The van der Waals surface area contributed by atoms with Crippen molar-refractivity contribution in [2.24, 2.45) is 5.73 Å². The minimum Gasteiger partial charge on any atom is -0.352 e. The molecule has 0 radical (unpaired) electrons. The molecule has 0 aliphatic rings. The number of hydrogen-bond acceptors (Lipinski definition) is 2. The van der Waals surface area contributed by atoms with E-state index in [1.807, 2.05) is 12.1 Å². The molecule has 0 saturated carbocycles. The first-order valence-electron chi connectivity index (χ1n) is 6.69. The minimum atomic E-state index is -0.580. The SMILES string of the molecule is NC(=O)NCc1ccc(C(=O)NCc2cccc(Cl)c2)cc1. The predicted octanol–water partition coefficient (Wildman–Crippen LogP) is 2.44. The van der Waals surface area contributed by atoms with Gasteiger partial charge in [-0.1, -0.05) is 35.9 Å². The molecule has 0 aromatic heterocycles. The van der Waals surface area contributed by atoms with Crippen LogP contribution in [0.4, 0.5) is 4.79 Å². The van der Waals surface area contributed by atoms with Crippen LogP contribution in [0.5, 0.6) is 0 Å². The molecule has 6 heteroatoms. The van der Waals surface area contributed by atoms with E-state index in [0.29, 0.717) is 23.7 Å². The van der Waals surface area contributed by atoms with Gasteiger partial charge in [-0.25, -0.2) is 4.79 Å². The standard InChI is InChI=1S/C16H16ClN3O2/c17-14-3-1-2-12(8-14)10-19-15(21)13-6-4-11(5-7-13)9-20-16(18)22/h1-8H,9-10H2,(H,19,21)(H3,18,20,22). The lowest BCUT2D eigenvalue weighted by atomic mass is 10.1. The second-order valence-electron chi connectivity index (χ2n) is 4.73. The summed E-state index contributed by atoms with van der Waals surface area (Å²) in [6.45, 7) is 0.740. The molecule has 22 heavy (non-hydrogen) atoms. The minimum absolute atomic E-state index is 0.172. The molecule has 5 nitrogen and oxygen atoms in total. The molecular weight excluding hydrogens is 302 g/mol. The molecule has 2 aromatic carbocycles. The number of benzene rings is 2. The molecule has 0 heterocycles. The third-order valence-corrected chi connectivity index (χ3v) is 3.26. The Bertz CT molecular complexity index is 671. The van der Waals surface area contributed by atoms with Gasteiger partial charge < -0.3 is 16.4 Å². The topological polar surface area (TPSA) is 84.2 Å². The first-order chi connectivity index (χ1) is 10.5. The molecule has 3 amide bonds. The summed E-state index contributed by atoms with van der Waals surface area (Å²) >= 11 is 5.90. The second kappa shape index (κ2) is 7.47. The third-order valence-electron chi connectivity index (χ3n) is 3.02. The lowest BCUT2D eigenvalue weighted by Gasteiger charge is -2.07. The Labute approximate surface area is 133 Å². The van der Waals surface area contributed by atoms with Crippen LogP contribution in [0.3, 0.4) is 0 Å². The number of primary amides is 1. The zero-order valence-electron chi connectivity index (χ0n) is 11.8. The van der Waals surface area contributed by atoms with E-state index in [1.54, 1.807) is 36.4 Å². The summed E-state index contributed by atoms with van der Waals surface area (Å²) in [5.41, 5.74) is 7.35. The monoisotopic (exact) mass is 317 g/mol. The average Bonchev–Trinajstić information content (AvgIpc) is 2.51. The summed E-state index contributed by atoms with van der Waals surface area (Å²) in [6, 6.07) is 13.7. The second-order valence-corrected chi connectivity index (χ2v) is 5.16. The van der Waals surface area contributed by atoms with Crippen molar-refractivity contribution < 1.29 is 9.59 Å². The van der Waals surface area contributed by atoms with Crippen LogP contribution < -0.4 is 16.4 Å². The van der Waals surface area contributed by atoms with Gasteiger partial charge in [0.15, 0.2) is 0 Å². The fourth-order valence-corrected chi connectivity index (χ4v) is 2.11. The van der Waals surface area contributed by atoms with E-state index in [2.05, 4.69) is 10.6 Å². The number of rotatable bonds is 5. The molecule has 0 unspecified atom stereocenters. The molecule has 4 N–H and O–H groups in total. The largest absolute Gasteiger partial charge is 0.352 e. The Morgan fingerprint density at radius 2 is 1.64 bits per heavy atom. The summed E-state index contributed by atoms with van der Waals surface area (Å²) < 4.78 is 0. The number of hydrogen-bond donors (Lipinski definition) is 3. The zero-order valence-corrected chi connectivity index (χ0v) is 12.6. The van der Waals surface area contributed by atoms with Crippen LogP contribution in [0.1, 0.15) is 21.5 Å². The van der Waals surface area contributed by atoms with Crippen LogP contribution in [0.15, 0.2) is 48.5 Å². The van der Waals surface area contributed by atoms with E-state index < -0.39 is 6.03 Å². The summed E-state index contributed by atoms with van der Waals surface area (Å²) in [5, 5.41) is 5.95. The Morgan fingerprint density at radius 3 is 2.27 bits per heavy atom. The molecule has 0 aliphatic heterocycles. The molecule has 0 fully saturated rings. The van der Waals surface area contributed by atoms with Gasteiger partial charge in [-0.2, -0.15) is 0 Å². The molecule has 0 bridgehead atoms. The first-order valence-corrected chi connectivity index (χ1v) is 7.07. The maximum Gasteiger partial charge on any atom is 0.312 e. The van der Waals surface area contributed by atoms with Crippen LogP contribution in [0, 0.1) is 0 Å². The molecule has 114 valence electrons. The van der Waals surface area contributed by atoms with Crippen molar-refractivity contribution in [2.75, 3.05) is 0 Å². The van der Waals surface area contributed by atoms with Crippen molar-refractivity contribution >= 4 is 23.5 Å². The lowest BCUT2D eigenvalue weighted by molar-refractivity contribution is 0.0951. The highest BCUT2D eigenvalue weighted by atomic mass is 35.5. The zero-order chi connectivity index (χ0) is 15.9. The Kier molecular flexibility index (Phi) is 5.38. The Balaban J connectivity index is 1.91. The number of carbonyl (C=O) groups is 2. The van der Waals surface area contributed by atoms with Crippen LogP contribution in [0.2, 0.25) is 5.02 Å². The summed E-state index contributed by atoms with van der Waals surface area (Å²) in [5.74, 6) is -0.172. The number of halogens is 1. The van der Waals surface area contributed by atoms with Crippen molar-refractivity contribution in [3.63, 3.8) is 0 Å². The number of nitrogens with two attached hydrogens (primary N) is 1. The van der Waals surface area contributed by atoms with Crippen LogP contribution >= 0.6 is 11.6 Å². The van der Waals surface area contributed by atoms with Crippen molar-refractivity contribution in [1.82, 2.24) is 10.6 Å². The van der Waals surface area contributed by atoms with Crippen LogP contribution in [0.25, 0.3) is 0 Å². The van der Waals surface area contributed by atoms with Crippen LogP contribution in [-0.2, 0) is 13.1 Å². The quantitative estimate of drug-likeness (QED) is 0.791. The van der Waals surface area contributed by atoms with E-state index >= 15 is 0 Å². The van der Waals surface area contributed by atoms with Crippen molar-refractivity contribution in [3.8, 4) is 0 Å². The molecular formula is C16H16ClN3O2. The van der Waals surface area contributed by atoms with Crippen molar-refractivity contribution in [3.05, 3.63) is 70.2 Å². The van der Waals surface area contributed by atoms with Crippen LogP contribution in [-0.4, -0.2) is 11.9 Å². The molecule has 0 saturated heterocycles. The Morgan fingerprint density at radius 1 is 0.955 bits per heavy atom. The smallest absolute Gasteiger partial charge is 0.312 e. The lowest BCUT2D eigenvalue weighted by Crippen LogP contribution is -2.28. The van der Waals surface area contributed by atoms with Gasteiger partial charge in [-0.05, 0) is 35.4 Å². The summed E-state index contributed by atoms with van der Waals surface area (Å²) in [4.78, 5) is 22.7. The first kappa shape index (κ1) is 15.9. The van der Waals surface area contributed by atoms with Gasteiger partial charge in [0.05, 0.1) is 0 Å². The fourth-order valence-electron chi connectivity index (χ4n) is 1.89. The van der Waals surface area contributed by atoms with Gasteiger partial charge in [0.25, 0.3) is 5.91 Å². The predicted molar refractivity (Wildman–Crippen MR) is 85.5 cm³/mol. The highest BCUT2D eigenvalue weighted by molar-refractivity contribution is 6.30. The van der Waals surface area contributed by atoms with Gasteiger partial charge in [-0.3, -0.25) is 4.79 Å². The van der Waals surface area contributed by atoms with Crippen molar-refractivity contribution in [1.29, 1.82) is 0 Å². The number of carbonyl (C=O) groups excluding carboxylic acids is 2. The van der Waals surface area contributed by atoms with E-state index in [9.17, 15) is 9.59 Å². The average molecular weight is 318 g/mol. The number of amides is 3. The van der Waals surface area contributed by atoms with Crippen molar-refractivity contribution in [2.45, 2.75) is 13.1 Å². The maximum absolute atomic E-state index is 12.0. The van der Waals surface area contributed by atoms with E-state index in [4.69, 9.17) is 17.3 Å². The highest BCUT2D eigenvalue weighted by Gasteiger charge is 2.05. The summed E-state index contributed by atoms with van der Waals surface area (Å²) in [6.07, 6.45) is 0. The molecule has 2 rings (SSSR count). The summed E-state index contributed by atoms with van der Waals surface area (Å²) in [7, 11) is 0. The van der Waals surface area contributed by atoms with Gasteiger partial charge in [0, 0.05) is 23.7 Å². The fraction of sp³-hybridized carbons (Fsp3) is 0.125. The van der Waals surface area contributed by atoms with E-state index in [-0.39, 0.29) is 5.91 Å². The van der Waals surface area contributed by atoms with E-state index in [1.165, 1.54) is 0 Å². The Hall–Kier alpha value is -2.53. The van der Waals surface area contributed by atoms with Gasteiger partial charge in [0.2, 0.25) is 0 Å².